The number of fused-ring (bicyclic) bond motifs is 1. The Labute approximate surface area is 169 Å². The van der Waals surface area contributed by atoms with Crippen molar-refractivity contribution >= 4 is 42.0 Å². The summed E-state index contributed by atoms with van der Waals surface area (Å²) in [6.07, 6.45) is 7.13. The Bertz CT molecular complexity index is 979. The first-order chi connectivity index (χ1) is 13.4. The molecule has 2 aromatic heterocycles. The summed E-state index contributed by atoms with van der Waals surface area (Å²) in [5, 5.41) is 5.18. The molecule has 0 amide bonds. The molecule has 0 spiro atoms. The number of aryl methyl sites for hydroxylation is 1. The van der Waals surface area contributed by atoms with Crippen molar-refractivity contribution in [1.29, 1.82) is 0 Å². The van der Waals surface area contributed by atoms with Crippen LogP contribution in [-0.4, -0.2) is 49.5 Å². The van der Waals surface area contributed by atoms with Gasteiger partial charge in [-0.2, -0.15) is 0 Å². The van der Waals surface area contributed by atoms with Crippen molar-refractivity contribution < 1.29 is 16.0 Å². The summed E-state index contributed by atoms with van der Waals surface area (Å²) in [6.45, 7) is 0.904. The number of benzene rings is 1. The van der Waals surface area contributed by atoms with Crippen LogP contribution < -0.4 is 5.32 Å². The van der Waals surface area contributed by atoms with Crippen molar-refractivity contribution in [2.45, 2.75) is 24.4 Å². The zero-order valence-electron chi connectivity index (χ0n) is 15.3. The molecule has 2 heterocycles. The van der Waals surface area contributed by atoms with Gasteiger partial charge >= 0.3 is 29.4 Å². The van der Waals surface area contributed by atoms with E-state index in [0.29, 0.717) is 0 Å². The van der Waals surface area contributed by atoms with Crippen LogP contribution in [0.4, 0.5) is 5.82 Å². The minimum atomic E-state index is -5.25. The molecule has 0 unspecified atom stereocenters. The third-order valence-electron chi connectivity index (χ3n) is 3.66. The van der Waals surface area contributed by atoms with Crippen molar-refractivity contribution in [2.24, 2.45) is 0 Å². The van der Waals surface area contributed by atoms with Crippen molar-refractivity contribution in [1.82, 2.24) is 15.0 Å². The molecule has 0 aliphatic carbocycles. The van der Waals surface area contributed by atoms with E-state index in [9.17, 15) is 0 Å². The van der Waals surface area contributed by atoms with Crippen LogP contribution in [0.25, 0.3) is 11.0 Å². The van der Waals surface area contributed by atoms with Gasteiger partial charge in [0, 0.05) is 12.7 Å². The van der Waals surface area contributed by atoms with E-state index in [2.05, 4.69) is 50.6 Å². The molecular weight excluding hydrogens is 447 g/mol. The molecule has 3 N–H and O–H groups in total. The van der Waals surface area contributed by atoms with E-state index in [-0.39, 0.29) is 0 Å². The minimum absolute atomic E-state index is 0.749. The van der Waals surface area contributed by atoms with Crippen molar-refractivity contribution in [3.05, 3.63) is 54.2 Å². The normalized spacial score (nSPS) is 11.0. The molecule has 1 aromatic carbocycles. The summed E-state index contributed by atoms with van der Waals surface area (Å²) >= 11 is -3.71. The first kappa shape index (κ1) is 22.2. The molecule has 0 radical (unpaired) electrons. The van der Waals surface area contributed by atoms with Gasteiger partial charge < -0.3 is 5.32 Å². The second kappa shape index (κ2) is 11.0. The monoisotopic (exact) mass is 470 g/mol. The second-order valence-electron chi connectivity index (χ2n) is 5.75. The van der Waals surface area contributed by atoms with Gasteiger partial charge in [0.2, 0.25) is 0 Å². The Morgan fingerprint density at radius 1 is 1.04 bits per heavy atom. The number of nitrogens with one attached hydrogen (secondary N) is 1. The molecule has 0 saturated heterocycles. The first-order valence-electron chi connectivity index (χ1n) is 8.51. The average molecular weight is 469 g/mol. The number of hydrogen-bond donors (Lipinski definition) is 3. The third kappa shape index (κ3) is 8.28. The summed E-state index contributed by atoms with van der Waals surface area (Å²) in [5.74, 6) is 0.882. The van der Waals surface area contributed by atoms with E-state index in [4.69, 9.17) is 16.0 Å². The molecule has 150 valence electrons. The molecule has 3 rings (SSSR count). The zero-order valence-corrected chi connectivity index (χ0v) is 17.8. The first-order valence-corrected chi connectivity index (χ1v) is 12.7. The summed E-state index contributed by atoms with van der Waals surface area (Å²) < 4.78 is 31.9. The maximum atomic E-state index is 8.82. The van der Waals surface area contributed by atoms with Crippen LogP contribution in [0.1, 0.15) is 18.4 Å². The molecule has 8 nitrogen and oxygen atoms in total. The molecule has 10 heteroatoms. The Morgan fingerprint density at radius 2 is 1.75 bits per heavy atom. The van der Waals surface area contributed by atoms with E-state index in [0.717, 1.165) is 47.8 Å². The number of anilines is 1. The SMILES string of the molecule is CSc1nc(NCCCCc2ccccc2)c2cccnc2n1.O=[Se](=O)(O)O. The number of rotatable bonds is 7. The van der Waals surface area contributed by atoms with Gasteiger partial charge in [0.15, 0.2) is 10.8 Å². The third-order valence-corrected chi connectivity index (χ3v) is 4.21. The summed E-state index contributed by atoms with van der Waals surface area (Å²) in [5.41, 5.74) is 2.15. The maximum absolute atomic E-state index is 8.82. The molecule has 28 heavy (non-hydrogen) atoms. The number of pyridine rings is 1. The number of nitrogens with zero attached hydrogens (tertiary/aromatic N) is 3. The van der Waals surface area contributed by atoms with Gasteiger partial charge in [-0.1, -0.05) is 42.1 Å². The van der Waals surface area contributed by atoms with E-state index >= 15 is 0 Å². The van der Waals surface area contributed by atoms with E-state index < -0.39 is 13.4 Å². The molecule has 0 saturated carbocycles. The van der Waals surface area contributed by atoms with Gasteiger partial charge in [-0.05, 0) is 43.2 Å². The van der Waals surface area contributed by atoms with Crippen LogP contribution in [0, 0.1) is 0 Å². The Hall–Kier alpha value is -2.10. The zero-order chi connectivity index (χ0) is 20.4. The fourth-order valence-electron chi connectivity index (χ4n) is 2.47. The standard InChI is InChI=1S/C18H20N4S.H2O4Se/c1-23-18-21-16(15-11-7-13-20-17(15)22-18)19-12-6-5-10-14-8-3-2-4-9-14;1-5(2,3)4/h2-4,7-9,11,13H,5-6,10,12H2,1H3,(H,19,20,21,22);(H2,1,2,3,4). The summed E-state index contributed by atoms with van der Waals surface area (Å²) in [7, 11) is 0. The number of thioether (sulfide) groups is 1. The van der Waals surface area contributed by atoms with Crippen LogP contribution in [0.5, 0.6) is 0 Å². The average Bonchev–Trinajstić information content (AvgIpc) is 2.67. The Kier molecular flexibility index (Phi) is 8.75. The van der Waals surface area contributed by atoms with Crippen LogP contribution in [0.15, 0.2) is 53.8 Å². The van der Waals surface area contributed by atoms with Crippen LogP contribution in [0.2, 0.25) is 0 Å². The van der Waals surface area contributed by atoms with Gasteiger partial charge in [-0.3, -0.25) is 0 Å². The predicted octanol–water partition coefficient (Wildman–Crippen LogP) is 2.45. The molecule has 0 fully saturated rings. The van der Waals surface area contributed by atoms with Crippen LogP contribution >= 0.6 is 11.8 Å². The molecule has 0 atom stereocenters. The number of aromatic nitrogens is 3. The fraction of sp³-hybridized carbons (Fsp3) is 0.278. The van der Waals surface area contributed by atoms with E-state index in [1.807, 2.05) is 18.4 Å². The van der Waals surface area contributed by atoms with Gasteiger partial charge in [0.25, 0.3) is 0 Å². The van der Waals surface area contributed by atoms with Crippen molar-refractivity contribution in [2.75, 3.05) is 18.1 Å². The molecule has 0 aliphatic heterocycles. The molecule has 3 aromatic rings. The van der Waals surface area contributed by atoms with Gasteiger partial charge in [0.05, 0.1) is 5.39 Å². The second-order valence-corrected chi connectivity index (χ2v) is 8.40. The summed E-state index contributed by atoms with van der Waals surface area (Å²) in [6, 6.07) is 14.5. The number of hydrogen-bond acceptors (Lipinski definition) is 7. The molecular formula is C18H22N4O4SSe. The Morgan fingerprint density at radius 3 is 2.43 bits per heavy atom. The van der Waals surface area contributed by atoms with Gasteiger partial charge in [-0.25, -0.2) is 15.0 Å². The van der Waals surface area contributed by atoms with Crippen molar-refractivity contribution in [3.8, 4) is 0 Å². The molecule has 0 bridgehead atoms. The van der Waals surface area contributed by atoms with Crippen LogP contribution in [0.3, 0.4) is 0 Å². The quantitative estimate of drug-likeness (QED) is 0.207. The van der Waals surface area contributed by atoms with E-state index in [1.54, 1.807) is 6.20 Å². The van der Waals surface area contributed by atoms with Crippen molar-refractivity contribution in [3.63, 3.8) is 0 Å². The van der Waals surface area contributed by atoms with E-state index in [1.165, 1.54) is 17.3 Å². The predicted molar refractivity (Wildman–Crippen MR) is 109 cm³/mol. The Balaban J connectivity index is 0.000000500. The van der Waals surface area contributed by atoms with Gasteiger partial charge in [0.1, 0.15) is 5.82 Å². The topological polar surface area (TPSA) is 125 Å². The fourth-order valence-corrected chi connectivity index (χ4v) is 2.83. The van der Waals surface area contributed by atoms with Crippen LogP contribution in [-0.2, 0) is 14.1 Å². The summed E-state index contributed by atoms with van der Waals surface area (Å²) in [4.78, 5) is 13.3. The van der Waals surface area contributed by atoms with Gasteiger partial charge in [-0.15, -0.1) is 0 Å². The molecule has 0 aliphatic rings. The number of unbranched alkanes of at least 4 members (excludes halogenated alkanes) is 1.